The average Bonchev–Trinajstić information content (AvgIpc) is 3.12. The Balaban J connectivity index is 1.32. The van der Waals surface area contributed by atoms with Crippen molar-refractivity contribution in [3.8, 4) is 0 Å². The van der Waals surface area contributed by atoms with Gasteiger partial charge in [-0.2, -0.15) is 0 Å². The third-order valence-electron chi connectivity index (χ3n) is 10.0. The summed E-state index contributed by atoms with van der Waals surface area (Å²) in [4.78, 5) is 35.6. The van der Waals surface area contributed by atoms with Crippen LogP contribution in [0.25, 0.3) is 0 Å². The molecule has 1 aromatic carbocycles. The van der Waals surface area contributed by atoms with Crippen molar-refractivity contribution in [2.24, 2.45) is 34.5 Å². The Hall–Kier alpha value is -2.32. The second-order valence-electron chi connectivity index (χ2n) is 11.4. The van der Waals surface area contributed by atoms with E-state index in [2.05, 4.69) is 6.92 Å². The summed E-state index contributed by atoms with van der Waals surface area (Å²) in [5, 5.41) is 33.4. The highest BCUT2D eigenvalue weighted by Gasteiger charge is 2.65. The Morgan fingerprint density at radius 1 is 1.03 bits per heavy atom. The molecule has 2 N–H and O–H groups in total. The Morgan fingerprint density at radius 2 is 1.74 bits per heavy atom. The molecule has 0 heterocycles. The molecule has 184 valence electrons. The minimum atomic E-state index is -0.926. The minimum Gasteiger partial charge on any atom is -0.459 e. The van der Waals surface area contributed by atoms with Crippen LogP contribution in [0.3, 0.4) is 0 Å². The zero-order chi connectivity index (χ0) is 24.4. The highest BCUT2D eigenvalue weighted by atomic mass is 16.6. The number of carbonyl (C=O) groups excluding carboxylic acids is 2. The summed E-state index contributed by atoms with van der Waals surface area (Å²) in [6.07, 6.45) is 2.77. The van der Waals surface area contributed by atoms with E-state index < -0.39 is 23.1 Å². The maximum atomic E-state index is 12.7. The van der Waals surface area contributed by atoms with Gasteiger partial charge in [0.1, 0.15) is 11.9 Å². The normalized spacial score (nSPS) is 43.4. The van der Waals surface area contributed by atoms with Gasteiger partial charge in [0.05, 0.1) is 22.7 Å². The van der Waals surface area contributed by atoms with Gasteiger partial charge in [0.2, 0.25) is 0 Å². The van der Waals surface area contributed by atoms with Crippen LogP contribution < -0.4 is 0 Å². The molecular formula is C26H33NO7. The first-order valence-corrected chi connectivity index (χ1v) is 12.4. The van der Waals surface area contributed by atoms with Gasteiger partial charge in [0, 0.05) is 24.0 Å². The van der Waals surface area contributed by atoms with Crippen molar-refractivity contribution in [1.29, 1.82) is 0 Å². The molecule has 9 atom stereocenters. The van der Waals surface area contributed by atoms with Gasteiger partial charge in [-0.05, 0) is 79.7 Å². The summed E-state index contributed by atoms with van der Waals surface area (Å²) in [7, 11) is 0. The van der Waals surface area contributed by atoms with Gasteiger partial charge in [-0.25, -0.2) is 4.79 Å². The number of carbonyl (C=O) groups is 2. The van der Waals surface area contributed by atoms with Crippen molar-refractivity contribution in [2.45, 2.75) is 77.1 Å². The fourth-order valence-corrected chi connectivity index (χ4v) is 8.04. The van der Waals surface area contributed by atoms with Crippen molar-refractivity contribution >= 4 is 17.4 Å². The first-order valence-electron chi connectivity index (χ1n) is 12.4. The van der Waals surface area contributed by atoms with Crippen molar-refractivity contribution in [2.75, 3.05) is 0 Å². The van der Waals surface area contributed by atoms with Crippen LogP contribution in [0.2, 0.25) is 0 Å². The maximum absolute atomic E-state index is 12.7. The quantitative estimate of drug-likeness (QED) is 0.391. The van der Waals surface area contributed by atoms with E-state index in [1.54, 1.807) is 0 Å². The topological polar surface area (TPSA) is 127 Å². The van der Waals surface area contributed by atoms with Crippen LogP contribution >= 0.6 is 0 Å². The number of non-ortho nitro benzene ring substituents is 1. The molecule has 34 heavy (non-hydrogen) atoms. The summed E-state index contributed by atoms with van der Waals surface area (Å²) < 4.78 is 5.74. The van der Waals surface area contributed by atoms with Crippen molar-refractivity contribution in [3.05, 3.63) is 39.9 Å². The third-order valence-corrected chi connectivity index (χ3v) is 10.0. The highest BCUT2D eigenvalue weighted by Crippen LogP contribution is 2.65. The minimum absolute atomic E-state index is 0.0827. The van der Waals surface area contributed by atoms with E-state index in [0.29, 0.717) is 25.0 Å². The second kappa shape index (κ2) is 8.12. The van der Waals surface area contributed by atoms with E-state index in [0.717, 1.165) is 25.7 Å². The molecule has 6 unspecified atom stereocenters. The first kappa shape index (κ1) is 23.4. The van der Waals surface area contributed by atoms with Crippen LogP contribution in [0, 0.1) is 44.6 Å². The van der Waals surface area contributed by atoms with E-state index in [1.807, 2.05) is 6.92 Å². The Labute approximate surface area is 198 Å². The molecule has 0 aromatic heterocycles. The molecule has 0 bridgehead atoms. The van der Waals surface area contributed by atoms with E-state index in [1.165, 1.54) is 24.3 Å². The van der Waals surface area contributed by atoms with Crippen LogP contribution in [0.5, 0.6) is 0 Å². The molecule has 8 heteroatoms. The van der Waals surface area contributed by atoms with Gasteiger partial charge in [0.15, 0.2) is 0 Å². The molecule has 0 aliphatic heterocycles. The number of ketones is 1. The van der Waals surface area contributed by atoms with Gasteiger partial charge in [0.25, 0.3) is 5.69 Å². The Kier molecular flexibility index (Phi) is 5.60. The number of Topliss-reactive ketones (excluding diaryl/α,β-unsaturated/α-hetero) is 1. The smallest absolute Gasteiger partial charge is 0.338 e. The lowest BCUT2D eigenvalue weighted by Crippen LogP contribution is -2.64. The van der Waals surface area contributed by atoms with Crippen LogP contribution in [0.1, 0.15) is 69.2 Å². The number of ether oxygens (including phenoxy) is 1. The number of aliphatic hydroxyl groups is 2. The third kappa shape index (κ3) is 3.40. The van der Waals surface area contributed by atoms with Crippen molar-refractivity contribution in [3.63, 3.8) is 0 Å². The van der Waals surface area contributed by atoms with E-state index in [9.17, 15) is 29.9 Å². The van der Waals surface area contributed by atoms with E-state index >= 15 is 0 Å². The monoisotopic (exact) mass is 471 g/mol. The molecule has 0 spiro atoms. The van der Waals surface area contributed by atoms with Gasteiger partial charge >= 0.3 is 5.97 Å². The Bertz CT molecular complexity index is 1010. The predicted molar refractivity (Wildman–Crippen MR) is 122 cm³/mol. The van der Waals surface area contributed by atoms with Gasteiger partial charge in [-0.1, -0.05) is 13.8 Å². The molecule has 1 aromatic rings. The molecule has 0 saturated heterocycles. The van der Waals surface area contributed by atoms with Gasteiger partial charge in [-0.3, -0.25) is 14.9 Å². The number of nitro groups is 1. The van der Waals surface area contributed by atoms with Crippen molar-refractivity contribution < 1.29 is 29.5 Å². The standard InChI is InChI=1S/C26H33NO7/c1-25-11-9-16(34-24(31)14-3-5-15(6-4-14)27(32)33)13-19(25)22(29)23(30)21-17-7-8-20(28)26(17,2)12-10-18(21)25/h3-6,16-19,21-23,29-30H,7-13H2,1-2H3/t16-,17?,18?,19?,21?,22?,23?,25+,26-/m0/s1. The van der Waals surface area contributed by atoms with Crippen LogP contribution in [-0.4, -0.2) is 45.2 Å². The summed E-state index contributed by atoms with van der Waals surface area (Å²) in [6, 6.07) is 5.33. The number of hydrogen-bond acceptors (Lipinski definition) is 7. The number of rotatable bonds is 3. The predicted octanol–water partition coefficient (Wildman–Crippen LogP) is 3.67. The molecule has 8 nitrogen and oxygen atoms in total. The zero-order valence-corrected chi connectivity index (χ0v) is 19.7. The summed E-state index contributed by atoms with van der Waals surface area (Å²) in [5.74, 6) is -0.184. The first-order chi connectivity index (χ1) is 16.1. The molecule has 5 rings (SSSR count). The van der Waals surface area contributed by atoms with Crippen LogP contribution in [0.15, 0.2) is 24.3 Å². The summed E-state index contributed by atoms with van der Waals surface area (Å²) in [6.45, 7) is 4.25. The second-order valence-corrected chi connectivity index (χ2v) is 11.4. The summed E-state index contributed by atoms with van der Waals surface area (Å²) in [5.41, 5.74) is -0.415. The van der Waals surface area contributed by atoms with Crippen LogP contribution in [0.4, 0.5) is 5.69 Å². The molecule has 0 amide bonds. The van der Waals surface area contributed by atoms with E-state index in [-0.39, 0.29) is 51.9 Å². The van der Waals surface area contributed by atoms with Gasteiger partial charge < -0.3 is 14.9 Å². The molecule has 4 aliphatic carbocycles. The number of nitrogens with zero attached hydrogens (tertiary/aromatic N) is 1. The average molecular weight is 472 g/mol. The Morgan fingerprint density at radius 3 is 2.41 bits per heavy atom. The molecule has 4 fully saturated rings. The molecule has 0 radical (unpaired) electrons. The van der Waals surface area contributed by atoms with Gasteiger partial charge in [-0.15, -0.1) is 0 Å². The number of benzene rings is 1. The maximum Gasteiger partial charge on any atom is 0.338 e. The number of aliphatic hydroxyl groups excluding tert-OH is 2. The molecule has 4 aliphatic rings. The number of hydrogen-bond donors (Lipinski definition) is 2. The largest absolute Gasteiger partial charge is 0.459 e. The number of esters is 1. The lowest BCUT2D eigenvalue weighted by molar-refractivity contribution is -0.384. The van der Waals surface area contributed by atoms with Crippen LogP contribution in [-0.2, 0) is 9.53 Å². The highest BCUT2D eigenvalue weighted by molar-refractivity contribution is 5.89. The van der Waals surface area contributed by atoms with Crippen molar-refractivity contribution in [1.82, 2.24) is 0 Å². The lowest BCUT2D eigenvalue weighted by Gasteiger charge is -2.62. The summed E-state index contributed by atoms with van der Waals surface area (Å²) >= 11 is 0. The van der Waals surface area contributed by atoms with E-state index in [4.69, 9.17) is 4.74 Å². The number of nitro benzene ring substituents is 1. The lowest BCUT2D eigenvalue weighted by atomic mass is 9.44. The fraction of sp³-hybridized carbons (Fsp3) is 0.692. The molecular weight excluding hydrogens is 438 g/mol. The SMILES string of the molecule is C[C@]12CC[C@H](OC(=O)c3ccc([N+](=O)[O-])cc3)CC1C(O)C(O)C1C2CC[C@]2(C)C(=O)CCC12. The zero-order valence-electron chi connectivity index (χ0n) is 19.7. The fourth-order valence-electron chi connectivity index (χ4n) is 8.04. The number of fused-ring (bicyclic) bond motifs is 5. The molecule has 4 saturated carbocycles.